The van der Waals surface area contributed by atoms with Crippen LogP contribution in [0.1, 0.15) is 44.2 Å². The normalized spacial score (nSPS) is 19.6. The van der Waals surface area contributed by atoms with Crippen LogP contribution in [-0.4, -0.2) is 42.0 Å². The van der Waals surface area contributed by atoms with E-state index in [9.17, 15) is 4.79 Å². The van der Waals surface area contributed by atoms with Crippen LogP contribution in [-0.2, 0) is 11.2 Å². The molecule has 6 heteroatoms. The summed E-state index contributed by atoms with van der Waals surface area (Å²) in [6.07, 6.45) is 7.23. The Morgan fingerprint density at radius 1 is 1.57 bits per heavy atom. The predicted octanol–water partition coefficient (Wildman–Crippen LogP) is 2.04. The summed E-state index contributed by atoms with van der Waals surface area (Å²) in [4.78, 5) is 18.4. The van der Waals surface area contributed by atoms with Gasteiger partial charge in [0.25, 0.3) is 0 Å². The Morgan fingerprint density at radius 2 is 2.43 bits per heavy atom. The Bertz CT molecular complexity index is 449. The van der Waals surface area contributed by atoms with Gasteiger partial charge in [0.05, 0.1) is 5.69 Å². The Balaban J connectivity index is 1.55. The van der Waals surface area contributed by atoms with E-state index in [0.29, 0.717) is 17.6 Å². The number of nitrogens with zero attached hydrogens (tertiary/aromatic N) is 2. The number of nitrogens with two attached hydrogens (primary N) is 1. The van der Waals surface area contributed by atoms with Crippen molar-refractivity contribution in [2.45, 2.75) is 51.0 Å². The molecule has 118 valence electrons. The molecule has 0 saturated carbocycles. The summed E-state index contributed by atoms with van der Waals surface area (Å²) in [6, 6.07) is 0.586. The van der Waals surface area contributed by atoms with Gasteiger partial charge in [0.15, 0.2) is 5.13 Å². The molecule has 2 rings (SSSR count). The lowest BCUT2D eigenvalue weighted by atomic mass is 9.98. The molecule has 1 aliphatic rings. The van der Waals surface area contributed by atoms with Crippen molar-refractivity contribution >= 4 is 22.4 Å². The van der Waals surface area contributed by atoms with Crippen LogP contribution in [0.3, 0.4) is 0 Å². The summed E-state index contributed by atoms with van der Waals surface area (Å²) in [5.41, 5.74) is 6.61. The molecule has 1 unspecified atom stereocenters. The van der Waals surface area contributed by atoms with Crippen LogP contribution in [0, 0.1) is 0 Å². The number of aryl methyl sites for hydroxylation is 1. The maximum atomic E-state index is 11.8. The quantitative estimate of drug-likeness (QED) is 0.756. The van der Waals surface area contributed by atoms with Crippen molar-refractivity contribution in [3.63, 3.8) is 0 Å². The Morgan fingerprint density at radius 3 is 3.14 bits per heavy atom. The van der Waals surface area contributed by atoms with Crippen molar-refractivity contribution in [3.05, 3.63) is 11.1 Å². The van der Waals surface area contributed by atoms with E-state index in [1.165, 1.54) is 37.1 Å². The molecular weight excluding hydrogens is 284 g/mol. The lowest BCUT2D eigenvalue weighted by molar-refractivity contribution is -0.121. The van der Waals surface area contributed by atoms with E-state index in [1.807, 2.05) is 5.38 Å². The van der Waals surface area contributed by atoms with E-state index >= 15 is 0 Å². The molecule has 21 heavy (non-hydrogen) atoms. The van der Waals surface area contributed by atoms with E-state index in [2.05, 4.69) is 22.2 Å². The minimum atomic E-state index is 0.173. The van der Waals surface area contributed by atoms with E-state index in [4.69, 9.17) is 5.73 Å². The molecule has 3 N–H and O–H groups in total. The van der Waals surface area contributed by atoms with Gasteiger partial charge in [-0.3, -0.25) is 4.79 Å². The number of likely N-dealkylation sites (tertiary alicyclic amines) is 1. The summed E-state index contributed by atoms with van der Waals surface area (Å²) in [5, 5.41) is 5.60. The Labute approximate surface area is 130 Å². The highest BCUT2D eigenvalue weighted by Gasteiger charge is 2.19. The standard InChI is InChI=1S/C15H26N4OS/c1-19-10-3-2-6-13(19)7-8-14(20)17-9-4-5-12-11-21-15(16)18-12/h11,13H,2-10H2,1H3,(H2,16,18)(H,17,20). The smallest absolute Gasteiger partial charge is 0.220 e. The fourth-order valence-electron chi connectivity index (χ4n) is 2.83. The number of carbonyl (C=O) groups excluding carboxylic acids is 1. The van der Waals surface area contributed by atoms with Gasteiger partial charge in [-0.1, -0.05) is 6.42 Å². The largest absolute Gasteiger partial charge is 0.375 e. The van der Waals surface area contributed by atoms with E-state index in [-0.39, 0.29) is 5.91 Å². The summed E-state index contributed by atoms with van der Waals surface area (Å²) < 4.78 is 0. The van der Waals surface area contributed by atoms with E-state index in [1.54, 1.807) is 0 Å². The number of piperidine rings is 1. The highest BCUT2D eigenvalue weighted by Crippen LogP contribution is 2.18. The third-order valence-corrected chi connectivity index (χ3v) is 4.85. The molecule has 0 spiro atoms. The summed E-state index contributed by atoms with van der Waals surface area (Å²) in [6.45, 7) is 1.89. The molecule has 0 radical (unpaired) electrons. The molecule has 1 atom stereocenters. The van der Waals surface area contributed by atoms with Gasteiger partial charge >= 0.3 is 0 Å². The highest BCUT2D eigenvalue weighted by molar-refractivity contribution is 7.13. The number of thiazole rings is 1. The number of aromatic nitrogens is 1. The number of anilines is 1. The van der Waals surface area contributed by atoms with E-state index < -0.39 is 0 Å². The lowest BCUT2D eigenvalue weighted by Gasteiger charge is -2.32. The van der Waals surface area contributed by atoms with Gasteiger partial charge in [0.2, 0.25) is 5.91 Å². The maximum Gasteiger partial charge on any atom is 0.220 e. The molecule has 1 amide bonds. The van der Waals surface area contributed by atoms with Crippen LogP contribution in [0.25, 0.3) is 0 Å². The maximum absolute atomic E-state index is 11.8. The van der Waals surface area contributed by atoms with Gasteiger partial charge in [0, 0.05) is 24.4 Å². The zero-order valence-corrected chi connectivity index (χ0v) is 13.6. The molecule has 0 aliphatic carbocycles. The zero-order chi connectivity index (χ0) is 15.1. The first kappa shape index (κ1) is 16.2. The van der Waals surface area contributed by atoms with Crippen LogP contribution in [0.5, 0.6) is 0 Å². The second-order valence-electron chi connectivity index (χ2n) is 5.80. The average Bonchev–Trinajstić information content (AvgIpc) is 2.88. The second-order valence-corrected chi connectivity index (χ2v) is 6.69. The van der Waals surface area contributed by atoms with Gasteiger partial charge in [-0.25, -0.2) is 4.98 Å². The fraction of sp³-hybridized carbons (Fsp3) is 0.733. The monoisotopic (exact) mass is 310 g/mol. The predicted molar refractivity (Wildman–Crippen MR) is 87.4 cm³/mol. The number of nitrogen functional groups attached to an aromatic ring is 1. The Kier molecular flexibility index (Phi) is 6.45. The van der Waals surface area contributed by atoms with Crippen molar-refractivity contribution in [2.75, 3.05) is 25.9 Å². The number of rotatable bonds is 7. The van der Waals surface area contributed by atoms with Crippen LogP contribution in [0.15, 0.2) is 5.38 Å². The average molecular weight is 310 g/mol. The molecule has 2 heterocycles. The van der Waals surface area contributed by atoms with Crippen molar-refractivity contribution in [1.82, 2.24) is 15.2 Å². The molecule has 1 aromatic heterocycles. The first-order valence-corrected chi connectivity index (χ1v) is 8.70. The van der Waals surface area contributed by atoms with Gasteiger partial charge in [-0.2, -0.15) is 0 Å². The minimum absolute atomic E-state index is 0.173. The number of carbonyl (C=O) groups is 1. The number of hydrogen-bond acceptors (Lipinski definition) is 5. The minimum Gasteiger partial charge on any atom is -0.375 e. The SMILES string of the molecule is CN1CCCCC1CCC(=O)NCCCc1csc(N)n1. The van der Waals surface area contributed by atoms with Gasteiger partial charge in [-0.05, 0) is 45.7 Å². The Hall–Kier alpha value is -1.14. The fourth-order valence-corrected chi connectivity index (χ4v) is 3.43. The molecular formula is C15H26N4OS. The molecule has 1 fully saturated rings. The lowest BCUT2D eigenvalue weighted by Crippen LogP contribution is -2.37. The van der Waals surface area contributed by atoms with Crippen molar-refractivity contribution in [3.8, 4) is 0 Å². The summed E-state index contributed by atoms with van der Waals surface area (Å²) in [7, 11) is 2.17. The molecule has 1 aromatic rings. The second kappa shape index (κ2) is 8.34. The van der Waals surface area contributed by atoms with Crippen molar-refractivity contribution in [1.29, 1.82) is 0 Å². The highest BCUT2D eigenvalue weighted by atomic mass is 32.1. The summed E-state index contributed by atoms with van der Waals surface area (Å²) in [5.74, 6) is 0.173. The van der Waals surface area contributed by atoms with Gasteiger partial charge in [0.1, 0.15) is 0 Å². The topological polar surface area (TPSA) is 71.2 Å². The van der Waals surface area contributed by atoms with Crippen molar-refractivity contribution in [2.24, 2.45) is 0 Å². The zero-order valence-electron chi connectivity index (χ0n) is 12.8. The number of amides is 1. The van der Waals surface area contributed by atoms with Crippen LogP contribution in [0.4, 0.5) is 5.13 Å². The molecule has 5 nitrogen and oxygen atoms in total. The molecule has 0 aromatic carbocycles. The van der Waals surface area contributed by atoms with Crippen LogP contribution in [0.2, 0.25) is 0 Å². The third-order valence-electron chi connectivity index (χ3n) is 4.13. The van der Waals surface area contributed by atoms with Crippen molar-refractivity contribution < 1.29 is 4.79 Å². The molecule has 0 bridgehead atoms. The number of hydrogen-bond donors (Lipinski definition) is 2. The first-order chi connectivity index (χ1) is 10.1. The van der Waals surface area contributed by atoms with Crippen LogP contribution < -0.4 is 11.1 Å². The third kappa shape index (κ3) is 5.63. The van der Waals surface area contributed by atoms with E-state index in [0.717, 1.165) is 31.5 Å². The van der Waals surface area contributed by atoms with Gasteiger partial charge < -0.3 is 16.0 Å². The molecule has 1 aliphatic heterocycles. The number of nitrogens with one attached hydrogen (secondary N) is 1. The van der Waals surface area contributed by atoms with Gasteiger partial charge in [-0.15, -0.1) is 11.3 Å². The first-order valence-electron chi connectivity index (χ1n) is 7.82. The summed E-state index contributed by atoms with van der Waals surface area (Å²) >= 11 is 1.47. The van der Waals surface area contributed by atoms with Crippen LogP contribution >= 0.6 is 11.3 Å². The molecule has 1 saturated heterocycles.